The first-order valence-electron chi connectivity index (χ1n) is 10.5. The van der Waals surface area contributed by atoms with Crippen LogP contribution in [0.4, 0.5) is 11.5 Å². The van der Waals surface area contributed by atoms with Crippen molar-refractivity contribution in [1.82, 2.24) is 9.88 Å². The second-order valence-corrected chi connectivity index (χ2v) is 8.33. The van der Waals surface area contributed by atoms with E-state index in [4.69, 9.17) is 4.98 Å². The van der Waals surface area contributed by atoms with Crippen LogP contribution in [0.5, 0.6) is 0 Å². The smallest absolute Gasteiger partial charge is 0.249 e. The number of carbonyl (C=O) groups excluding carboxylic acids is 1. The average Bonchev–Trinajstić information content (AvgIpc) is 3.13. The molecule has 1 aromatic carbocycles. The summed E-state index contributed by atoms with van der Waals surface area (Å²) in [5.74, 6) is 0.676. The molecule has 2 atom stereocenters. The third-order valence-electron chi connectivity index (χ3n) is 5.90. The van der Waals surface area contributed by atoms with Gasteiger partial charge in [0.05, 0.1) is 5.56 Å². The standard InChI is InChI=1S/C24H31N5O/c1-7-28(19-10-8-9-16(2)11-19)24(30)22-13-20(27(5)6)15-29(22)23-21(14-25)17(3)12-18(4)26-23/h8-12,20,22H,7,13,15H2,1-6H3/t20-,22+/m1/s1. The number of nitriles is 1. The minimum absolute atomic E-state index is 0.0531. The summed E-state index contributed by atoms with van der Waals surface area (Å²) in [6, 6.07) is 12.1. The van der Waals surface area contributed by atoms with Gasteiger partial charge >= 0.3 is 0 Å². The molecular formula is C24H31N5O. The number of aromatic nitrogens is 1. The Morgan fingerprint density at radius 2 is 2.00 bits per heavy atom. The van der Waals surface area contributed by atoms with Gasteiger partial charge in [-0.25, -0.2) is 4.98 Å². The fraction of sp³-hybridized carbons (Fsp3) is 0.458. The highest BCUT2D eigenvalue weighted by Crippen LogP contribution is 2.32. The Bertz CT molecular complexity index is 978. The van der Waals surface area contributed by atoms with Crippen molar-refractivity contribution in [2.45, 2.75) is 46.2 Å². The number of carbonyl (C=O) groups is 1. The molecule has 2 heterocycles. The van der Waals surface area contributed by atoms with Gasteiger partial charge in [0.2, 0.25) is 5.91 Å². The molecular weight excluding hydrogens is 374 g/mol. The van der Waals surface area contributed by atoms with Gasteiger partial charge in [-0.3, -0.25) is 4.79 Å². The van der Waals surface area contributed by atoms with E-state index in [1.54, 1.807) is 0 Å². The minimum Gasteiger partial charge on any atom is -0.342 e. The molecule has 1 saturated heterocycles. The second-order valence-electron chi connectivity index (χ2n) is 8.33. The van der Waals surface area contributed by atoms with E-state index in [0.29, 0.717) is 30.9 Å². The Labute approximate surface area is 179 Å². The van der Waals surface area contributed by atoms with Crippen LogP contribution in [0.2, 0.25) is 0 Å². The van der Waals surface area contributed by atoms with Gasteiger partial charge in [0.1, 0.15) is 17.9 Å². The molecule has 1 aromatic heterocycles. The molecule has 0 unspecified atom stereocenters. The lowest BCUT2D eigenvalue weighted by atomic mass is 10.1. The molecule has 0 N–H and O–H groups in total. The van der Waals surface area contributed by atoms with Crippen LogP contribution in [-0.4, -0.2) is 55.1 Å². The third kappa shape index (κ3) is 4.17. The summed E-state index contributed by atoms with van der Waals surface area (Å²) in [6.45, 7) is 9.14. The molecule has 6 heteroatoms. The quantitative estimate of drug-likeness (QED) is 0.762. The summed E-state index contributed by atoms with van der Waals surface area (Å²) in [5, 5.41) is 9.79. The molecule has 158 valence electrons. The molecule has 0 radical (unpaired) electrons. The Hall–Kier alpha value is -2.91. The van der Waals surface area contributed by atoms with Crippen molar-refractivity contribution in [2.75, 3.05) is 37.0 Å². The van der Waals surface area contributed by atoms with E-state index in [0.717, 1.165) is 22.5 Å². The summed E-state index contributed by atoms with van der Waals surface area (Å²) in [4.78, 5) is 24.5. The van der Waals surface area contributed by atoms with Gasteiger partial charge < -0.3 is 14.7 Å². The van der Waals surface area contributed by atoms with E-state index in [-0.39, 0.29) is 18.0 Å². The van der Waals surface area contributed by atoms with Crippen LogP contribution >= 0.6 is 0 Å². The third-order valence-corrected chi connectivity index (χ3v) is 5.90. The molecule has 6 nitrogen and oxygen atoms in total. The number of aryl methyl sites for hydroxylation is 3. The first-order chi connectivity index (χ1) is 14.3. The van der Waals surface area contributed by atoms with Crippen molar-refractivity contribution in [1.29, 1.82) is 5.26 Å². The summed E-state index contributed by atoms with van der Waals surface area (Å²) >= 11 is 0. The van der Waals surface area contributed by atoms with Gasteiger partial charge in [-0.1, -0.05) is 12.1 Å². The predicted octanol–water partition coefficient (Wildman–Crippen LogP) is 3.44. The van der Waals surface area contributed by atoms with E-state index < -0.39 is 0 Å². The highest BCUT2D eigenvalue weighted by Gasteiger charge is 2.41. The average molecular weight is 406 g/mol. The summed E-state index contributed by atoms with van der Waals surface area (Å²) < 4.78 is 0. The molecule has 0 spiro atoms. The van der Waals surface area contributed by atoms with Crippen LogP contribution in [0.25, 0.3) is 0 Å². The van der Waals surface area contributed by atoms with Crippen molar-refractivity contribution >= 4 is 17.4 Å². The zero-order valence-corrected chi connectivity index (χ0v) is 18.8. The molecule has 0 bridgehead atoms. The van der Waals surface area contributed by atoms with Crippen molar-refractivity contribution in [3.05, 3.63) is 52.7 Å². The van der Waals surface area contributed by atoms with E-state index in [2.05, 4.69) is 11.0 Å². The highest BCUT2D eigenvalue weighted by molar-refractivity contribution is 5.99. The molecule has 1 fully saturated rings. The van der Waals surface area contributed by atoms with Crippen LogP contribution in [0, 0.1) is 32.1 Å². The van der Waals surface area contributed by atoms with Crippen molar-refractivity contribution < 1.29 is 4.79 Å². The number of anilines is 2. The van der Waals surface area contributed by atoms with Crippen LogP contribution in [-0.2, 0) is 4.79 Å². The van der Waals surface area contributed by atoms with Crippen LogP contribution in [0.1, 0.15) is 35.7 Å². The van der Waals surface area contributed by atoms with Gasteiger partial charge in [-0.05, 0) is 77.5 Å². The first-order valence-corrected chi connectivity index (χ1v) is 10.5. The molecule has 2 aromatic rings. The van der Waals surface area contributed by atoms with Gasteiger partial charge in [0, 0.05) is 30.5 Å². The lowest BCUT2D eigenvalue weighted by Crippen LogP contribution is -2.46. The lowest BCUT2D eigenvalue weighted by Gasteiger charge is -2.31. The molecule has 1 aliphatic heterocycles. The Kier molecular flexibility index (Phi) is 6.42. The minimum atomic E-state index is -0.362. The fourth-order valence-corrected chi connectivity index (χ4v) is 4.26. The highest BCUT2D eigenvalue weighted by atomic mass is 16.2. The Balaban J connectivity index is 2.05. The lowest BCUT2D eigenvalue weighted by molar-refractivity contribution is -0.119. The molecule has 0 saturated carbocycles. The number of hydrogen-bond acceptors (Lipinski definition) is 5. The number of nitrogens with zero attached hydrogens (tertiary/aromatic N) is 5. The summed E-state index contributed by atoms with van der Waals surface area (Å²) in [7, 11) is 4.07. The van der Waals surface area contributed by atoms with Gasteiger partial charge in [-0.15, -0.1) is 0 Å². The number of hydrogen-bond donors (Lipinski definition) is 0. The summed E-state index contributed by atoms with van der Waals surface area (Å²) in [6.07, 6.45) is 0.702. The first kappa shape index (κ1) is 21.8. The van der Waals surface area contributed by atoms with Crippen molar-refractivity contribution in [3.8, 4) is 6.07 Å². The SMILES string of the molecule is CCN(C(=O)[C@@H]1C[C@@H](N(C)C)CN1c1nc(C)cc(C)c1C#N)c1cccc(C)c1. The molecule has 0 aliphatic carbocycles. The Morgan fingerprint density at radius 1 is 1.27 bits per heavy atom. The van der Waals surface area contributed by atoms with E-state index in [1.165, 1.54) is 0 Å². The Morgan fingerprint density at radius 3 is 2.60 bits per heavy atom. The number of pyridine rings is 1. The van der Waals surface area contributed by atoms with Crippen molar-refractivity contribution in [2.24, 2.45) is 0 Å². The van der Waals surface area contributed by atoms with Gasteiger partial charge in [0.15, 0.2) is 0 Å². The molecule has 1 aliphatic rings. The van der Waals surface area contributed by atoms with Gasteiger partial charge in [-0.2, -0.15) is 5.26 Å². The largest absolute Gasteiger partial charge is 0.342 e. The number of amides is 1. The summed E-state index contributed by atoms with van der Waals surface area (Å²) in [5.41, 5.74) is 4.33. The zero-order chi connectivity index (χ0) is 22.0. The number of likely N-dealkylation sites (N-methyl/N-ethyl adjacent to an activating group) is 2. The maximum absolute atomic E-state index is 13.8. The normalized spacial score (nSPS) is 18.5. The van der Waals surface area contributed by atoms with Crippen LogP contribution < -0.4 is 9.80 Å². The van der Waals surface area contributed by atoms with Crippen LogP contribution in [0.15, 0.2) is 30.3 Å². The predicted molar refractivity (Wildman–Crippen MR) is 121 cm³/mol. The fourth-order valence-electron chi connectivity index (χ4n) is 4.26. The molecule has 30 heavy (non-hydrogen) atoms. The van der Waals surface area contributed by atoms with Gasteiger partial charge in [0.25, 0.3) is 0 Å². The topological polar surface area (TPSA) is 63.5 Å². The zero-order valence-electron chi connectivity index (χ0n) is 18.8. The molecule has 1 amide bonds. The van der Waals surface area contributed by atoms with Crippen LogP contribution in [0.3, 0.4) is 0 Å². The maximum atomic E-state index is 13.8. The maximum Gasteiger partial charge on any atom is 0.249 e. The molecule has 3 rings (SSSR count). The van der Waals surface area contributed by atoms with E-state index in [9.17, 15) is 10.1 Å². The van der Waals surface area contributed by atoms with E-state index in [1.807, 2.05) is 81.9 Å². The monoisotopic (exact) mass is 405 g/mol. The second kappa shape index (κ2) is 8.85. The van der Waals surface area contributed by atoms with E-state index >= 15 is 0 Å². The number of benzene rings is 1. The number of rotatable bonds is 5. The van der Waals surface area contributed by atoms with Crippen molar-refractivity contribution in [3.63, 3.8) is 0 Å².